The first-order valence-electron chi connectivity index (χ1n) is 6.02. The van der Waals surface area contributed by atoms with E-state index in [1.54, 1.807) is 13.8 Å². The molecule has 8 heteroatoms. The molecule has 1 unspecified atom stereocenters. The van der Waals surface area contributed by atoms with Crippen LogP contribution in [0.1, 0.15) is 30.0 Å². The number of nitrogens with zero attached hydrogens (tertiary/aromatic N) is 2. The number of aromatic nitrogens is 1. The number of carboxylic acids is 1. The Balaban J connectivity index is 2.43. The third kappa shape index (κ3) is 2.65. The molecule has 1 aliphatic rings. The van der Waals surface area contributed by atoms with Gasteiger partial charge in [0.2, 0.25) is 0 Å². The summed E-state index contributed by atoms with van der Waals surface area (Å²) in [5.41, 5.74) is 0.442. The second-order valence-electron chi connectivity index (χ2n) is 4.57. The van der Waals surface area contributed by atoms with E-state index in [0.29, 0.717) is 23.5 Å². The average Bonchev–Trinajstić information content (AvgIpc) is 2.69. The minimum absolute atomic E-state index is 0.165. The Labute approximate surface area is 116 Å². The number of hydrogen-bond acceptors (Lipinski definition) is 5. The van der Waals surface area contributed by atoms with Gasteiger partial charge in [0.25, 0.3) is 10.0 Å². The molecule has 1 N–H and O–H groups in total. The van der Waals surface area contributed by atoms with Crippen molar-refractivity contribution in [1.82, 2.24) is 9.29 Å². The number of aliphatic carboxylic acids is 1. The second-order valence-corrected chi connectivity index (χ2v) is 7.86. The summed E-state index contributed by atoms with van der Waals surface area (Å²) in [6.07, 6.45) is 1.80. The number of aryl methyl sites for hydroxylation is 2. The van der Waals surface area contributed by atoms with E-state index in [-0.39, 0.29) is 10.8 Å². The number of carbonyl (C=O) groups is 1. The van der Waals surface area contributed by atoms with Gasteiger partial charge in [0.15, 0.2) is 4.21 Å². The highest BCUT2D eigenvalue weighted by molar-refractivity contribution is 7.91. The van der Waals surface area contributed by atoms with Crippen LogP contribution < -0.4 is 0 Å². The summed E-state index contributed by atoms with van der Waals surface area (Å²) in [7, 11) is -3.76. The maximum Gasteiger partial charge on any atom is 0.322 e. The largest absolute Gasteiger partial charge is 0.480 e. The van der Waals surface area contributed by atoms with Gasteiger partial charge in [-0.3, -0.25) is 4.79 Å². The van der Waals surface area contributed by atoms with Gasteiger partial charge in [-0.15, -0.1) is 11.3 Å². The number of sulfonamides is 1. The van der Waals surface area contributed by atoms with E-state index in [2.05, 4.69) is 4.98 Å². The molecule has 2 rings (SSSR count). The number of rotatable bonds is 3. The Morgan fingerprint density at radius 1 is 1.42 bits per heavy atom. The van der Waals surface area contributed by atoms with Crippen LogP contribution in [0.25, 0.3) is 0 Å². The van der Waals surface area contributed by atoms with E-state index in [4.69, 9.17) is 0 Å². The molecule has 0 aliphatic carbocycles. The molecule has 0 radical (unpaired) electrons. The lowest BCUT2D eigenvalue weighted by atomic mass is 10.1. The Morgan fingerprint density at radius 3 is 2.63 bits per heavy atom. The Hall–Kier alpha value is -0.990. The summed E-state index contributed by atoms with van der Waals surface area (Å²) in [4.78, 5) is 15.3. The first kappa shape index (κ1) is 14.4. The summed E-state index contributed by atoms with van der Waals surface area (Å²) >= 11 is 1.10. The fraction of sp³-hybridized carbons (Fsp3) is 0.636. The normalized spacial score (nSPS) is 21.5. The fourth-order valence-electron chi connectivity index (χ4n) is 2.30. The van der Waals surface area contributed by atoms with Crippen molar-refractivity contribution in [2.24, 2.45) is 0 Å². The van der Waals surface area contributed by atoms with Gasteiger partial charge in [-0.05, 0) is 33.1 Å². The molecule has 1 aliphatic heterocycles. The van der Waals surface area contributed by atoms with Crippen LogP contribution in [0, 0.1) is 13.8 Å². The van der Waals surface area contributed by atoms with Crippen molar-refractivity contribution in [3.05, 3.63) is 10.7 Å². The highest BCUT2D eigenvalue weighted by atomic mass is 32.2. The lowest BCUT2D eigenvalue weighted by Crippen LogP contribution is -2.47. The predicted molar refractivity (Wildman–Crippen MR) is 70.8 cm³/mol. The van der Waals surface area contributed by atoms with Crippen LogP contribution in [0.5, 0.6) is 0 Å². The van der Waals surface area contributed by atoms with Gasteiger partial charge in [-0.25, -0.2) is 13.4 Å². The van der Waals surface area contributed by atoms with Crippen molar-refractivity contribution >= 4 is 27.3 Å². The van der Waals surface area contributed by atoms with Gasteiger partial charge in [-0.2, -0.15) is 4.31 Å². The van der Waals surface area contributed by atoms with Gasteiger partial charge in [0, 0.05) is 6.54 Å². The van der Waals surface area contributed by atoms with E-state index in [1.807, 2.05) is 0 Å². The molecule has 1 saturated heterocycles. The van der Waals surface area contributed by atoms with Crippen LogP contribution in [-0.4, -0.2) is 41.4 Å². The molecule has 6 nitrogen and oxygen atoms in total. The van der Waals surface area contributed by atoms with Gasteiger partial charge >= 0.3 is 5.97 Å². The molecule has 1 fully saturated rings. The molecular formula is C11H16N2O4S2. The topological polar surface area (TPSA) is 87.6 Å². The van der Waals surface area contributed by atoms with Crippen LogP contribution >= 0.6 is 11.3 Å². The zero-order chi connectivity index (χ0) is 14.2. The van der Waals surface area contributed by atoms with Gasteiger partial charge in [0.1, 0.15) is 6.04 Å². The minimum Gasteiger partial charge on any atom is -0.480 e. The van der Waals surface area contributed by atoms with E-state index < -0.39 is 22.0 Å². The first-order chi connectivity index (χ1) is 8.84. The number of piperidine rings is 1. The minimum atomic E-state index is -3.76. The summed E-state index contributed by atoms with van der Waals surface area (Å²) in [5, 5.41) is 9.84. The Morgan fingerprint density at radius 2 is 2.11 bits per heavy atom. The quantitative estimate of drug-likeness (QED) is 0.911. The van der Waals surface area contributed by atoms with Crippen LogP contribution in [-0.2, 0) is 14.8 Å². The van der Waals surface area contributed by atoms with Crippen LogP contribution in [0.2, 0.25) is 0 Å². The lowest BCUT2D eigenvalue weighted by molar-refractivity contribution is -0.142. The molecule has 1 aromatic rings. The molecule has 0 saturated carbocycles. The number of hydrogen-bond donors (Lipinski definition) is 1. The standard InChI is InChI=1S/C11H16N2O4S2/c1-7-11(18-8(2)12-7)19(16,17)13-6-4-3-5-9(13)10(14)15/h9H,3-6H2,1-2H3,(H,14,15). The van der Waals surface area contributed by atoms with Crippen molar-refractivity contribution in [1.29, 1.82) is 0 Å². The van der Waals surface area contributed by atoms with E-state index in [1.165, 1.54) is 0 Å². The Bertz CT molecular complexity index is 594. The van der Waals surface area contributed by atoms with Crippen molar-refractivity contribution in [2.45, 2.75) is 43.4 Å². The lowest BCUT2D eigenvalue weighted by Gasteiger charge is -2.31. The van der Waals surface area contributed by atoms with Crippen molar-refractivity contribution < 1.29 is 18.3 Å². The van der Waals surface area contributed by atoms with Gasteiger partial charge < -0.3 is 5.11 Å². The molecule has 106 valence electrons. The molecule has 2 heterocycles. The van der Waals surface area contributed by atoms with Crippen molar-refractivity contribution in [3.8, 4) is 0 Å². The van der Waals surface area contributed by atoms with Gasteiger partial charge in [-0.1, -0.05) is 0 Å². The third-order valence-corrected chi connectivity index (χ3v) is 6.71. The van der Waals surface area contributed by atoms with Gasteiger partial charge in [0.05, 0.1) is 10.7 Å². The summed E-state index contributed by atoms with van der Waals surface area (Å²) in [6.45, 7) is 3.63. The van der Waals surface area contributed by atoms with Crippen molar-refractivity contribution in [3.63, 3.8) is 0 Å². The fourth-order valence-corrected chi connectivity index (χ4v) is 5.54. The highest BCUT2D eigenvalue weighted by Crippen LogP contribution is 2.30. The van der Waals surface area contributed by atoms with E-state index in [0.717, 1.165) is 22.1 Å². The summed E-state index contributed by atoms with van der Waals surface area (Å²) in [5.74, 6) is -1.08. The second kappa shape index (κ2) is 5.18. The molecule has 19 heavy (non-hydrogen) atoms. The first-order valence-corrected chi connectivity index (χ1v) is 8.28. The van der Waals surface area contributed by atoms with E-state index >= 15 is 0 Å². The summed E-state index contributed by atoms with van der Waals surface area (Å²) in [6, 6.07) is -0.958. The maximum atomic E-state index is 12.6. The monoisotopic (exact) mass is 304 g/mol. The molecule has 0 aromatic carbocycles. The zero-order valence-electron chi connectivity index (χ0n) is 10.8. The number of carboxylic acid groups (broad SMARTS) is 1. The zero-order valence-corrected chi connectivity index (χ0v) is 12.4. The maximum absolute atomic E-state index is 12.6. The van der Waals surface area contributed by atoms with E-state index in [9.17, 15) is 18.3 Å². The average molecular weight is 304 g/mol. The van der Waals surface area contributed by atoms with Crippen LogP contribution in [0.4, 0.5) is 0 Å². The smallest absolute Gasteiger partial charge is 0.322 e. The third-order valence-electron chi connectivity index (χ3n) is 3.14. The molecule has 0 amide bonds. The van der Waals surface area contributed by atoms with Crippen LogP contribution in [0.3, 0.4) is 0 Å². The Kier molecular flexibility index (Phi) is 3.93. The summed E-state index contributed by atoms with van der Waals surface area (Å²) < 4.78 is 26.4. The highest BCUT2D eigenvalue weighted by Gasteiger charge is 2.39. The molecule has 0 bridgehead atoms. The van der Waals surface area contributed by atoms with Crippen molar-refractivity contribution in [2.75, 3.05) is 6.54 Å². The SMILES string of the molecule is Cc1nc(C)c(S(=O)(=O)N2CCCCC2C(=O)O)s1. The molecule has 1 aromatic heterocycles. The molecular weight excluding hydrogens is 288 g/mol. The molecule has 1 atom stereocenters. The number of thiazole rings is 1. The molecule has 0 spiro atoms. The van der Waals surface area contributed by atoms with Crippen LogP contribution in [0.15, 0.2) is 4.21 Å². The predicted octanol–water partition coefficient (Wildman–Crippen LogP) is 1.39.